The third kappa shape index (κ3) is 2.70. The highest BCUT2D eigenvalue weighted by molar-refractivity contribution is 5.85. The lowest BCUT2D eigenvalue weighted by Gasteiger charge is -1.96. The summed E-state index contributed by atoms with van der Waals surface area (Å²) in [6, 6.07) is 0. The zero-order valence-corrected chi connectivity index (χ0v) is 6.47. The van der Waals surface area contributed by atoms with Crippen LogP contribution in [0.15, 0.2) is 11.9 Å². The molecular weight excluding hydrogens is 147 g/mol. The molecule has 0 N–H and O–H groups in total. The summed E-state index contributed by atoms with van der Waals surface area (Å²) in [5.41, 5.74) is 0. The lowest BCUT2D eigenvalue weighted by molar-refractivity contribution is -0.140. The van der Waals surface area contributed by atoms with Crippen LogP contribution in [0.2, 0.25) is 0 Å². The molecule has 0 aromatic carbocycles. The number of esters is 1. The standard InChI is InChI=1S/C8H11FO2/c1-2-11-8(10)7(9)5-6-3-4-6/h5-6H,2-4H2,1H3/b7-5+. The number of allylic oxidation sites excluding steroid dienone is 1. The molecule has 0 bridgehead atoms. The first-order chi connectivity index (χ1) is 5.24. The van der Waals surface area contributed by atoms with Crippen LogP contribution < -0.4 is 0 Å². The Morgan fingerprint density at radius 2 is 2.36 bits per heavy atom. The van der Waals surface area contributed by atoms with Crippen LogP contribution in [0.4, 0.5) is 4.39 Å². The number of ether oxygens (including phenoxy) is 1. The van der Waals surface area contributed by atoms with Crippen molar-refractivity contribution in [2.75, 3.05) is 6.61 Å². The second kappa shape index (κ2) is 3.51. The van der Waals surface area contributed by atoms with Gasteiger partial charge in [-0.1, -0.05) is 0 Å². The quantitative estimate of drug-likeness (QED) is 0.462. The maximum absolute atomic E-state index is 12.7. The molecule has 0 amide bonds. The summed E-state index contributed by atoms with van der Waals surface area (Å²) in [7, 11) is 0. The van der Waals surface area contributed by atoms with Gasteiger partial charge in [-0.15, -0.1) is 0 Å². The molecule has 0 spiro atoms. The fourth-order valence-electron chi connectivity index (χ4n) is 0.738. The van der Waals surface area contributed by atoms with Crippen molar-refractivity contribution in [1.29, 1.82) is 0 Å². The normalized spacial score (nSPS) is 18.2. The predicted molar refractivity (Wildman–Crippen MR) is 38.5 cm³/mol. The molecule has 0 aromatic heterocycles. The van der Waals surface area contributed by atoms with Gasteiger partial charge in [0.15, 0.2) is 0 Å². The molecule has 0 unspecified atom stereocenters. The second-order valence-corrected chi connectivity index (χ2v) is 2.57. The summed E-state index contributed by atoms with van der Waals surface area (Å²) in [5, 5.41) is 0. The number of halogens is 1. The van der Waals surface area contributed by atoms with Gasteiger partial charge < -0.3 is 4.74 Å². The summed E-state index contributed by atoms with van der Waals surface area (Å²) in [6.45, 7) is 1.88. The van der Waals surface area contributed by atoms with E-state index in [9.17, 15) is 9.18 Å². The Hall–Kier alpha value is -0.860. The summed E-state index contributed by atoms with van der Waals surface area (Å²) >= 11 is 0. The van der Waals surface area contributed by atoms with E-state index in [0.29, 0.717) is 0 Å². The molecule has 1 rings (SSSR count). The average molecular weight is 158 g/mol. The second-order valence-electron chi connectivity index (χ2n) is 2.57. The zero-order valence-electron chi connectivity index (χ0n) is 6.47. The van der Waals surface area contributed by atoms with E-state index in [1.165, 1.54) is 6.08 Å². The number of carbonyl (C=O) groups excluding carboxylic acids is 1. The van der Waals surface area contributed by atoms with Crippen LogP contribution in [0.3, 0.4) is 0 Å². The topological polar surface area (TPSA) is 26.3 Å². The summed E-state index contributed by atoms with van der Waals surface area (Å²) < 4.78 is 17.1. The maximum Gasteiger partial charge on any atom is 0.366 e. The van der Waals surface area contributed by atoms with E-state index in [4.69, 9.17) is 0 Å². The van der Waals surface area contributed by atoms with E-state index < -0.39 is 11.8 Å². The van der Waals surface area contributed by atoms with Gasteiger partial charge in [0, 0.05) is 0 Å². The summed E-state index contributed by atoms with van der Waals surface area (Å²) in [6.07, 6.45) is 3.33. The van der Waals surface area contributed by atoms with Crippen LogP contribution in [0.1, 0.15) is 19.8 Å². The van der Waals surface area contributed by atoms with Gasteiger partial charge in [-0.2, -0.15) is 4.39 Å². The molecule has 3 heteroatoms. The average Bonchev–Trinajstić information content (AvgIpc) is 2.72. The zero-order chi connectivity index (χ0) is 8.27. The fourth-order valence-corrected chi connectivity index (χ4v) is 0.738. The van der Waals surface area contributed by atoms with Crippen LogP contribution in [0.5, 0.6) is 0 Å². The van der Waals surface area contributed by atoms with Gasteiger partial charge in [-0.25, -0.2) is 4.79 Å². The largest absolute Gasteiger partial charge is 0.461 e. The van der Waals surface area contributed by atoms with Gasteiger partial charge >= 0.3 is 5.97 Å². The molecule has 0 atom stereocenters. The Balaban J connectivity index is 2.37. The van der Waals surface area contributed by atoms with E-state index in [1.54, 1.807) is 6.92 Å². The Morgan fingerprint density at radius 1 is 1.73 bits per heavy atom. The van der Waals surface area contributed by atoms with Gasteiger partial charge in [0.2, 0.25) is 5.83 Å². The minimum Gasteiger partial charge on any atom is -0.461 e. The molecule has 1 fully saturated rings. The SMILES string of the molecule is CCOC(=O)/C(F)=C\C1CC1. The molecule has 0 aliphatic heterocycles. The van der Waals surface area contributed by atoms with Crippen LogP contribution in [-0.4, -0.2) is 12.6 Å². The van der Waals surface area contributed by atoms with E-state index >= 15 is 0 Å². The third-order valence-corrected chi connectivity index (χ3v) is 1.47. The van der Waals surface area contributed by atoms with Crippen molar-refractivity contribution in [3.63, 3.8) is 0 Å². The van der Waals surface area contributed by atoms with Gasteiger partial charge in [-0.05, 0) is 31.8 Å². The number of hydrogen-bond acceptors (Lipinski definition) is 2. The predicted octanol–water partition coefficient (Wildman–Crippen LogP) is 1.81. The molecular formula is C8H11FO2. The molecule has 1 aliphatic carbocycles. The van der Waals surface area contributed by atoms with E-state index in [1.807, 2.05) is 0 Å². The Kier molecular flexibility index (Phi) is 2.63. The van der Waals surface area contributed by atoms with Gasteiger partial charge in [-0.3, -0.25) is 0 Å². The van der Waals surface area contributed by atoms with E-state index in [-0.39, 0.29) is 12.5 Å². The maximum atomic E-state index is 12.7. The number of carbonyl (C=O) groups is 1. The Labute approximate surface area is 65.0 Å². The first-order valence-corrected chi connectivity index (χ1v) is 3.78. The number of rotatable bonds is 3. The number of hydrogen-bond donors (Lipinski definition) is 0. The van der Waals surface area contributed by atoms with Crippen molar-refractivity contribution < 1.29 is 13.9 Å². The Morgan fingerprint density at radius 3 is 2.82 bits per heavy atom. The Bertz CT molecular complexity index is 183. The molecule has 1 saturated carbocycles. The molecule has 62 valence electrons. The fraction of sp³-hybridized carbons (Fsp3) is 0.625. The van der Waals surface area contributed by atoms with Gasteiger partial charge in [0.25, 0.3) is 0 Å². The van der Waals surface area contributed by atoms with Crippen LogP contribution >= 0.6 is 0 Å². The first kappa shape index (κ1) is 8.24. The van der Waals surface area contributed by atoms with Crippen molar-refractivity contribution in [1.82, 2.24) is 0 Å². The van der Waals surface area contributed by atoms with Gasteiger partial charge in [0.05, 0.1) is 6.61 Å². The minimum absolute atomic E-state index is 0.227. The van der Waals surface area contributed by atoms with Crippen molar-refractivity contribution >= 4 is 5.97 Å². The van der Waals surface area contributed by atoms with Crippen molar-refractivity contribution in [2.45, 2.75) is 19.8 Å². The molecule has 0 radical (unpaired) electrons. The third-order valence-electron chi connectivity index (χ3n) is 1.47. The molecule has 0 saturated heterocycles. The summed E-state index contributed by atoms with van der Waals surface area (Å²) in [5.74, 6) is -1.30. The van der Waals surface area contributed by atoms with E-state index in [0.717, 1.165) is 12.8 Å². The van der Waals surface area contributed by atoms with Crippen molar-refractivity contribution in [2.24, 2.45) is 5.92 Å². The highest BCUT2D eigenvalue weighted by Gasteiger charge is 2.22. The van der Waals surface area contributed by atoms with Crippen LogP contribution in [0, 0.1) is 5.92 Å². The smallest absolute Gasteiger partial charge is 0.366 e. The lowest BCUT2D eigenvalue weighted by Crippen LogP contribution is -2.04. The van der Waals surface area contributed by atoms with Crippen molar-refractivity contribution in [3.05, 3.63) is 11.9 Å². The van der Waals surface area contributed by atoms with Crippen molar-refractivity contribution in [3.8, 4) is 0 Å². The molecule has 2 nitrogen and oxygen atoms in total. The molecule has 0 heterocycles. The highest BCUT2D eigenvalue weighted by Crippen LogP contribution is 2.31. The minimum atomic E-state index is -0.834. The van der Waals surface area contributed by atoms with Gasteiger partial charge in [0.1, 0.15) is 0 Å². The first-order valence-electron chi connectivity index (χ1n) is 3.78. The molecule has 11 heavy (non-hydrogen) atoms. The summed E-state index contributed by atoms with van der Waals surface area (Å²) in [4.78, 5) is 10.6. The lowest BCUT2D eigenvalue weighted by atomic mass is 10.3. The molecule has 0 aromatic rings. The van der Waals surface area contributed by atoms with Crippen LogP contribution in [0.25, 0.3) is 0 Å². The van der Waals surface area contributed by atoms with E-state index in [2.05, 4.69) is 4.74 Å². The highest BCUT2D eigenvalue weighted by atomic mass is 19.1. The monoisotopic (exact) mass is 158 g/mol. The van der Waals surface area contributed by atoms with Crippen LogP contribution in [-0.2, 0) is 9.53 Å². The molecule has 1 aliphatic rings.